The lowest BCUT2D eigenvalue weighted by atomic mass is 10.2. The van der Waals surface area contributed by atoms with E-state index in [9.17, 15) is 0 Å². The Morgan fingerprint density at radius 2 is 2.43 bits per heavy atom. The van der Waals surface area contributed by atoms with E-state index >= 15 is 0 Å². The van der Waals surface area contributed by atoms with Gasteiger partial charge in [-0.25, -0.2) is 4.98 Å². The van der Waals surface area contributed by atoms with Crippen molar-refractivity contribution < 1.29 is 0 Å². The molecule has 0 aliphatic carbocycles. The molecule has 2 aromatic heterocycles. The van der Waals surface area contributed by atoms with Crippen LogP contribution < -0.4 is 0 Å². The second-order valence-corrected chi connectivity index (χ2v) is 5.86. The van der Waals surface area contributed by atoms with Crippen LogP contribution in [0, 0.1) is 6.92 Å². The third-order valence-corrected chi connectivity index (χ3v) is 4.35. The van der Waals surface area contributed by atoms with Gasteiger partial charge in [-0.3, -0.25) is 0 Å². The van der Waals surface area contributed by atoms with Gasteiger partial charge in [0, 0.05) is 22.4 Å². The fourth-order valence-electron chi connectivity index (χ4n) is 1.23. The van der Waals surface area contributed by atoms with Gasteiger partial charge >= 0.3 is 0 Å². The van der Waals surface area contributed by atoms with Gasteiger partial charge in [-0.15, -0.1) is 34.3 Å². The first-order chi connectivity index (χ1) is 6.75. The zero-order valence-electron chi connectivity index (χ0n) is 7.74. The van der Waals surface area contributed by atoms with Crippen LogP contribution in [0.4, 0.5) is 0 Å². The van der Waals surface area contributed by atoms with Gasteiger partial charge < -0.3 is 0 Å². The number of nitrogens with zero attached hydrogens (tertiary/aromatic N) is 1. The monoisotopic (exact) mass is 243 g/mol. The summed E-state index contributed by atoms with van der Waals surface area (Å²) < 4.78 is 0. The van der Waals surface area contributed by atoms with Crippen LogP contribution in [-0.4, -0.2) is 4.98 Å². The van der Waals surface area contributed by atoms with Crippen molar-refractivity contribution in [2.24, 2.45) is 0 Å². The van der Waals surface area contributed by atoms with Crippen molar-refractivity contribution in [3.63, 3.8) is 0 Å². The van der Waals surface area contributed by atoms with E-state index in [1.165, 1.54) is 4.88 Å². The maximum absolute atomic E-state index is 6.29. The van der Waals surface area contributed by atoms with E-state index in [0.29, 0.717) is 0 Å². The Kier molecular flexibility index (Phi) is 3.21. The zero-order valence-corrected chi connectivity index (χ0v) is 10.1. The normalized spacial score (nSPS) is 13.0. The van der Waals surface area contributed by atoms with Gasteiger partial charge in [-0.1, -0.05) is 6.07 Å². The average molecular weight is 244 g/mol. The lowest BCUT2D eigenvalue weighted by Crippen LogP contribution is -1.90. The summed E-state index contributed by atoms with van der Waals surface area (Å²) in [7, 11) is 0. The van der Waals surface area contributed by atoms with Gasteiger partial charge in [0.1, 0.15) is 0 Å². The number of thiazole rings is 1. The zero-order chi connectivity index (χ0) is 9.97. The smallest absolute Gasteiger partial charge is 0.0897 e. The molecule has 0 spiro atoms. The molecule has 0 aromatic carbocycles. The van der Waals surface area contributed by atoms with Crippen molar-refractivity contribution in [2.75, 3.05) is 0 Å². The van der Waals surface area contributed by atoms with Crippen LogP contribution in [0.15, 0.2) is 23.7 Å². The molecule has 0 N–H and O–H groups in total. The molecule has 0 saturated heterocycles. The van der Waals surface area contributed by atoms with Gasteiger partial charge in [-0.2, -0.15) is 0 Å². The number of thiophene rings is 1. The van der Waals surface area contributed by atoms with Crippen molar-refractivity contribution in [1.82, 2.24) is 4.98 Å². The topological polar surface area (TPSA) is 12.9 Å². The standard InChI is InChI=1S/C10H10ClNS2/c1-7-12-6-10(14-7)9(11)5-8-3-2-4-13-8/h2-4,6,9H,5H2,1H3. The summed E-state index contributed by atoms with van der Waals surface area (Å²) in [5.41, 5.74) is 0. The van der Waals surface area contributed by atoms with Crippen molar-refractivity contribution in [3.05, 3.63) is 38.5 Å². The predicted octanol–water partition coefficient (Wildman–Crippen LogP) is 4.04. The maximum atomic E-state index is 6.29. The molecule has 0 saturated carbocycles. The first-order valence-electron chi connectivity index (χ1n) is 4.34. The third kappa shape index (κ3) is 2.35. The summed E-state index contributed by atoms with van der Waals surface area (Å²) in [4.78, 5) is 6.70. The van der Waals surface area contributed by atoms with Gasteiger partial charge in [-0.05, 0) is 18.4 Å². The predicted molar refractivity (Wildman–Crippen MR) is 63.5 cm³/mol. The highest BCUT2D eigenvalue weighted by Gasteiger charge is 2.11. The van der Waals surface area contributed by atoms with E-state index in [1.54, 1.807) is 22.7 Å². The molecule has 1 nitrogen and oxygen atoms in total. The van der Waals surface area contributed by atoms with Crippen LogP contribution in [0.5, 0.6) is 0 Å². The maximum Gasteiger partial charge on any atom is 0.0897 e. The van der Waals surface area contributed by atoms with Crippen LogP contribution in [0.2, 0.25) is 0 Å². The van der Waals surface area contributed by atoms with Crippen molar-refractivity contribution >= 4 is 34.3 Å². The molecule has 0 fully saturated rings. The van der Waals surface area contributed by atoms with Crippen LogP contribution in [0.3, 0.4) is 0 Å². The lowest BCUT2D eigenvalue weighted by Gasteiger charge is -2.03. The van der Waals surface area contributed by atoms with Gasteiger partial charge in [0.2, 0.25) is 0 Å². The van der Waals surface area contributed by atoms with E-state index in [0.717, 1.165) is 16.3 Å². The highest BCUT2D eigenvalue weighted by molar-refractivity contribution is 7.12. The molecule has 1 atom stereocenters. The van der Waals surface area contributed by atoms with Crippen LogP contribution >= 0.6 is 34.3 Å². The number of hydrogen-bond donors (Lipinski definition) is 0. The Labute approximate surface area is 96.4 Å². The minimum Gasteiger partial charge on any atom is -0.250 e. The molecule has 0 amide bonds. The largest absolute Gasteiger partial charge is 0.250 e. The fraction of sp³-hybridized carbons (Fsp3) is 0.300. The highest BCUT2D eigenvalue weighted by atomic mass is 35.5. The number of halogens is 1. The van der Waals surface area contributed by atoms with Crippen molar-refractivity contribution in [2.45, 2.75) is 18.7 Å². The molecule has 4 heteroatoms. The Bertz CT molecular complexity index is 394. The van der Waals surface area contributed by atoms with Crippen LogP contribution in [-0.2, 0) is 6.42 Å². The van der Waals surface area contributed by atoms with E-state index in [-0.39, 0.29) is 5.38 Å². The Morgan fingerprint density at radius 1 is 1.57 bits per heavy atom. The van der Waals surface area contributed by atoms with E-state index in [4.69, 9.17) is 11.6 Å². The summed E-state index contributed by atoms with van der Waals surface area (Å²) in [5.74, 6) is 0. The molecular weight excluding hydrogens is 234 g/mol. The molecule has 0 aliphatic rings. The number of aromatic nitrogens is 1. The van der Waals surface area contributed by atoms with E-state index < -0.39 is 0 Å². The molecule has 0 aliphatic heterocycles. The molecule has 2 heterocycles. The van der Waals surface area contributed by atoms with Gasteiger partial charge in [0.05, 0.1) is 10.4 Å². The molecule has 0 radical (unpaired) electrons. The van der Waals surface area contributed by atoms with E-state index in [2.05, 4.69) is 22.5 Å². The summed E-state index contributed by atoms with van der Waals surface area (Å²) in [6.07, 6.45) is 2.78. The number of rotatable bonds is 3. The third-order valence-electron chi connectivity index (χ3n) is 1.91. The first kappa shape index (κ1) is 10.1. The molecule has 2 rings (SSSR count). The Balaban J connectivity index is 2.06. The fourth-order valence-corrected chi connectivity index (χ4v) is 3.19. The van der Waals surface area contributed by atoms with Crippen LogP contribution in [0.25, 0.3) is 0 Å². The Hall–Kier alpha value is -0.380. The van der Waals surface area contributed by atoms with E-state index in [1.807, 2.05) is 13.1 Å². The summed E-state index contributed by atoms with van der Waals surface area (Å²) >= 11 is 9.72. The number of alkyl halides is 1. The lowest BCUT2D eigenvalue weighted by molar-refractivity contribution is 0.955. The summed E-state index contributed by atoms with van der Waals surface area (Å²) in [6.45, 7) is 2.00. The van der Waals surface area contributed by atoms with Crippen molar-refractivity contribution in [3.8, 4) is 0 Å². The molecule has 74 valence electrons. The van der Waals surface area contributed by atoms with Gasteiger partial charge in [0.25, 0.3) is 0 Å². The number of aryl methyl sites for hydroxylation is 1. The molecule has 1 unspecified atom stereocenters. The van der Waals surface area contributed by atoms with Crippen molar-refractivity contribution in [1.29, 1.82) is 0 Å². The molecule has 2 aromatic rings. The SMILES string of the molecule is Cc1ncc(C(Cl)Cc2cccs2)s1. The molecule has 0 bridgehead atoms. The molecular formula is C10H10ClNS2. The second-order valence-electron chi connectivity index (χ2n) is 3.03. The van der Waals surface area contributed by atoms with Crippen LogP contribution in [0.1, 0.15) is 20.1 Å². The second kappa shape index (κ2) is 4.43. The number of hydrogen-bond acceptors (Lipinski definition) is 3. The minimum absolute atomic E-state index is 0.0693. The summed E-state index contributed by atoms with van der Waals surface area (Å²) in [6, 6.07) is 4.18. The quantitative estimate of drug-likeness (QED) is 0.742. The average Bonchev–Trinajstić information content (AvgIpc) is 2.75. The first-order valence-corrected chi connectivity index (χ1v) is 6.48. The van der Waals surface area contributed by atoms with Gasteiger partial charge in [0.15, 0.2) is 0 Å². The molecule has 14 heavy (non-hydrogen) atoms. The summed E-state index contributed by atoms with van der Waals surface area (Å²) in [5, 5.41) is 3.23. The minimum atomic E-state index is 0.0693. The highest BCUT2D eigenvalue weighted by Crippen LogP contribution is 2.30. The Morgan fingerprint density at radius 3 is 3.00 bits per heavy atom.